The predicted octanol–water partition coefficient (Wildman–Crippen LogP) is 2.61. The SMILES string of the molecule is COCCN(CCOC)C1=C(c2ccc([N+](=O)[O-])cc2)C(=O)N(c2cccc(F)c2)C1=O. The molecule has 3 rings (SSSR count). The van der Waals surface area contributed by atoms with Crippen molar-refractivity contribution in [2.45, 2.75) is 0 Å². The third-order valence-corrected chi connectivity index (χ3v) is 4.94. The third-order valence-electron chi connectivity index (χ3n) is 4.94. The molecular weight excluding hydrogens is 421 g/mol. The van der Waals surface area contributed by atoms with Crippen LogP contribution in [-0.4, -0.2) is 62.2 Å². The number of methoxy groups -OCH3 is 2. The van der Waals surface area contributed by atoms with Crippen molar-refractivity contribution < 1.29 is 28.4 Å². The fraction of sp³-hybridized carbons (Fsp3) is 0.273. The summed E-state index contributed by atoms with van der Waals surface area (Å²) in [6, 6.07) is 10.5. The summed E-state index contributed by atoms with van der Waals surface area (Å²) in [5.41, 5.74) is 0.449. The van der Waals surface area contributed by atoms with Gasteiger partial charge in [-0.15, -0.1) is 0 Å². The van der Waals surface area contributed by atoms with Gasteiger partial charge in [0, 0.05) is 39.4 Å². The van der Waals surface area contributed by atoms with E-state index in [2.05, 4.69) is 0 Å². The molecule has 9 nitrogen and oxygen atoms in total. The topological polar surface area (TPSA) is 102 Å². The number of imide groups is 1. The summed E-state index contributed by atoms with van der Waals surface area (Å²) in [5, 5.41) is 11.0. The zero-order valence-corrected chi connectivity index (χ0v) is 17.6. The van der Waals surface area contributed by atoms with Crippen molar-refractivity contribution >= 4 is 28.8 Å². The van der Waals surface area contributed by atoms with E-state index in [0.717, 1.165) is 11.0 Å². The van der Waals surface area contributed by atoms with Gasteiger partial charge in [0.1, 0.15) is 11.5 Å². The number of amides is 2. The number of hydrogen-bond acceptors (Lipinski definition) is 7. The highest BCUT2D eigenvalue weighted by Crippen LogP contribution is 2.35. The summed E-state index contributed by atoms with van der Waals surface area (Å²) in [4.78, 5) is 39.9. The molecule has 0 unspecified atom stereocenters. The van der Waals surface area contributed by atoms with Gasteiger partial charge in [0.05, 0.1) is 29.4 Å². The number of nitrogens with zero attached hydrogens (tertiary/aromatic N) is 3. The van der Waals surface area contributed by atoms with E-state index < -0.39 is 22.6 Å². The highest BCUT2D eigenvalue weighted by molar-refractivity contribution is 6.45. The van der Waals surface area contributed by atoms with Crippen molar-refractivity contribution in [3.8, 4) is 0 Å². The van der Waals surface area contributed by atoms with Gasteiger partial charge in [-0.05, 0) is 35.9 Å². The molecule has 1 aliphatic rings. The fourth-order valence-corrected chi connectivity index (χ4v) is 3.41. The lowest BCUT2D eigenvalue weighted by atomic mass is 10.0. The fourth-order valence-electron chi connectivity index (χ4n) is 3.41. The van der Waals surface area contributed by atoms with Crippen LogP contribution in [0.4, 0.5) is 15.8 Å². The molecule has 1 aliphatic heterocycles. The Morgan fingerprint density at radius 3 is 2.16 bits per heavy atom. The molecule has 168 valence electrons. The number of rotatable bonds is 10. The Hall–Kier alpha value is -3.63. The van der Waals surface area contributed by atoms with Crippen molar-refractivity contribution in [3.05, 3.63) is 75.7 Å². The lowest BCUT2D eigenvalue weighted by molar-refractivity contribution is -0.384. The van der Waals surface area contributed by atoms with Crippen LogP contribution in [0.25, 0.3) is 5.57 Å². The Morgan fingerprint density at radius 2 is 1.62 bits per heavy atom. The minimum absolute atomic E-state index is 0.0707. The van der Waals surface area contributed by atoms with Crippen LogP contribution in [0.3, 0.4) is 0 Å². The second-order valence-corrected chi connectivity index (χ2v) is 6.93. The lowest BCUT2D eigenvalue weighted by Gasteiger charge is -2.25. The summed E-state index contributed by atoms with van der Waals surface area (Å²) >= 11 is 0. The Bertz CT molecular complexity index is 1050. The van der Waals surface area contributed by atoms with Crippen molar-refractivity contribution in [1.29, 1.82) is 0 Å². The number of non-ortho nitro benzene ring substituents is 1. The molecule has 0 atom stereocenters. The van der Waals surface area contributed by atoms with Crippen LogP contribution in [-0.2, 0) is 19.1 Å². The first-order valence-corrected chi connectivity index (χ1v) is 9.75. The molecule has 2 aromatic carbocycles. The molecule has 0 fully saturated rings. The largest absolute Gasteiger partial charge is 0.383 e. The van der Waals surface area contributed by atoms with E-state index in [1.54, 1.807) is 4.90 Å². The van der Waals surface area contributed by atoms with E-state index in [0.29, 0.717) is 18.7 Å². The number of nitro benzene ring substituents is 1. The van der Waals surface area contributed by atoms with Gasteiger partial charge in [-0.2, -0.15) is 0 Å². The van der Waals surface area contributed by atoms with Crippen molar-refractivity contribution in [3.63, 3.8) is 0 Å². The molecule has 2 aromatic rings. The number of benzene rings is 2. The quantitative estimate of drug-likeness (QED) is 0.316. The number of anilines is 1. The van der Waals surface area contributed by atoms with Crippen LogP contribution in [0.5, 0.6) is 0 Å². The van der Waals surface area contributed by atoms with E-state index in [-0.39, 0.29) is 35.9 Å². The van der Waals surface area contributed by atoms with Crippen molar-refractivity contribution in [1.82, 2.24) is 4.90 Å². The predicted molar refractivity (Wildman–Crippen MR) is 114 cm³/mol. The van der Waals surface area contributed by atoms with Gasteiger partial charge in [0.25, 0.3) is 17.5 Å². The molecule has 0 aromatic heterocycles. The third kappa shape index (κ3) is 4.66. The lowest BCUT2D eigenvalue weighted by Crippen LogP contribution is -2.37. The van der Waals surface area contributed by atoms with Crippen LogP contribution >= 0.6 is 0 Å². The number of carbonyl (C=O) groups is 2. The first-order valence-electron chi connectivity index (χ1n) is 9.75. The van der Waals surface area contributed by atoms with E-state index in [4.69, 9.17) is 9.47 Å². The number of ether oxygens (including phenoxy) is 2. The molecule has 0 bridgehead atoms. The summed E-state index contributed by atoms with van der Waals surface area (Å²) < 4.78 is 24.1. The summed E-state index contributed by atoms with van der Waals surface area (Å²) in [5.74, 6) is -1.87. The molecule has 0 N–H and O–H groups in total. The average molecular weight is 443 g/mol. The molecule has 0 spiro atoms. The molecule has 0 aliphatic carbocycles. The van der Waals surface area contributed by atoms with Crippen LogP contribution in [0.2, 0.25) is 0 Å². The molecule has 1 heterocycles. The van der Waals surface area contributed by atoms with Crippen LogP contribution < -0.4 is 4.90 Å². The molecule has 0 radical (unpaired) electrons. The van der Waals surface area contributed by atoms with Gasteiger partial charge >= 0.3 is 0 Å². The van der Waals surface area contributed by atoms with Gasteiger partial charge in [-0.3, -0.25) is 19.7 Å². The minimum atomic E-state index is -0.649. The number of nitro groups is 1. The number of halogens is 1. The zero-order chi connectivity index (χ0) is 23.3. The second-order valence-electron chi connectivity index (χ2n) is 6.93. The Labute approximate surface area is 183 Å². The molecular formula is C22H22FN3O6. The maximum atomic E-state index is 13.8. The highest BCUT2D eigenvalue weighted by atomic mass is 19.1. The van der Waals surface area contributed by atoms with E-state index in [1.807, 2.05) is 0 Å². The Kier molecular flexibility index (Phi) is 7.29. The maximum absolute atomic E-state index is 13.8. The minimum Gasteiger partial charge on any atom is -0.383 e. The second kappa shape index (κ2) is 10.1. The van der Waals surface area contributed by atoms with Crippen LogP contribution in [0.15, 0.2) is 54.2 Å². The number of carbonyl (C=O) groups excluding carboxylic acids is 2. The van der Waals surface area contributed by atoms with Crippen LogP contribution in [0, 0.1) is 15.9 Å². The van der Waals surface area contributed by atoms with Crippen molar-refractivity contribution in [2.24, 2.45) is 0 Å². The monoisotopic (exact) mass is 443 g/mol. The van der Waals surface area contributed by atoms with Gasteiger partial charge in [-0.1, -0.05) is 6.07 Å². The number of hydrogen-bond donors (Lipinski definition) is 0. The maximum Gasteiger partial charge on any atom is 0.282 e. The van der Waals surface area contributed by atoms with Gasteiger partial charge in [0.2, 0.25) is 0 Å². The highest BCUT2D eigenvalue weighted by Gasteiger charge is 2.42. The van der Waals surface area contributed by atoms with E-state index in [1.165, 1.54) is 56.7 Å². The summed E-state index contributed by atoms with van der Waals surface area (Å²) in [6.07, 6.45) is 0. The van der Waals surface area contributed by atoms with Crippen molar-refractivity contribution in [2.75, 3.05) is 45.4 Å². The first-order chi connectivity index (χ1) is 15.4. The molecule has 0 saturated carbocycles. The summed E-state index contributed by atoms with van der Waals surface area (Å²) in [7, 11) is 3.03. The first kappa shape index (κ1) is 23.0. The molecule has 32 heavy (non-hydrogen) atoms. The summed E-state index contributed by atoms with van der Waals surface area (Å²) in [6.45, 7) is 1.15. The van der Waals surface area contributed by atoms with Gasteiger partial charge in [0.15, 0.2) is 0 Å². The van der Waals surface area contributed by atoms with Gasteiger partial charge in [-0.25, -0.2) is 9.29 Å². The smallest absolute Gasteiger partial charge is 0.282 e. The normalized spacial score (nSPS) is 13.8. The molecule has 0 saturated heterocycles. The van der Waals surface area contributed by atoms with E-state index in [9.17, 15) is 24.1 Å². The Balaban J connectivity index is 2.13. The average Bonchev–Trinajstić information content (AvgIpc) is 3.04. The van der Waals surface area contributed by atoms with Crippen LogP contribution in [0.1, 0.15) is 5.56 Å². The molecule has 2 amide bonds. The Morgan fingerprint density at radius 1 is 1.00 bits per heavy atom. The van der Waals surface area contributed by atoms with Gasteiger partial charge < -0.3 is 14.4 Å². The standard InChI is InChI=1S/C22H22FN3O6/c1-31-12-10-24(11-13-32-2)20-19(15-6-8-17(9-7-15)26(29)30)21(27)25(22(20)28)18-5-3-4-16(23)14-18/h3-9,14H,10-13H2,1-2H3. The zero-order valence-electron chi connectivity index (χ0n) is 17.6. The van der Waals surface area contributed by atoms with E-state index >= 15 is 0 Å². The molecule has 10 heteroatoms.